The van der Waals surface area contributed by atoms with Crippen molar-refractivity contribution < 1.29 is 13.2 Å². The van der Waals surface area contributed by atoms with E-state index in [0.29, 0.717) is 17.9 Å². The molecular formula is C19H21NO3S. The summed E-state index contributed by atoms with van der Waals surface area (Å²) in [6.07, 6.45) is 2.35. The number of hydrogen-bond donors (Lipinski definition) is 0. The molecule has 4 nitrogen and oxygen atoms in total. The molecule has 1 heterocycles. The van der Waals surface area contributed by atoms with Gasteiger partial charge < -0.3 is 4.74 Å². The normalized spacial score (nSPS) is 18.0. The quantitative estimate of drug-likeness (QED) is 0.799. The van der Waals surface area contributed by atoms with Crippen molar-refractivity contribution in [3.8, 4) is 5.75 Å². The highest BCUT2D eigenvalue weighted by molar-refractivity contribution is 7.89. The second-order valence-electron chi connectivity index (χ2n) is 5.92. The zero-order chi connectivity index (χ0) is 17.3. The number of sulfonamides is 1. The molecule has 1 aliphatic rings. The van der Waals surface area contributed by atoms with Crippen LogP contribution in [0.15, 0.2) is 60.0 Å². The Hall–Kier alpha value is -2.11. The fourth-order valence-corrected chi connectivity index (χ4v) is 4.68. The molecule has 0 spiro atoms. The number of rotatable bonds is 4. The molecule has 3 rings (SSSR count). The van der Waals surface area contributed by atoms with Crippen LogP contribution in [0.25, 0.3) is 0 Å². The maximum Gasteiger partial charge on any atom is 0.243 e. The monoisotopic (exact) mass is 343 g/mol. The summed E-state index contributed by atoms with van der Waals surface area (Å²) < 4.78 is 32.9. The molecule has 0 fully saturated rings. The van der Waals surface area contributed by atoms with Crippen molar-refractivity contribution >= 4 is 10.0 Å². The Morgan fingerprint density at radius 3 is 2.54 bits per heavy atom. The molecule has 0 bridgehead atoms. The SMILES string of the molecule is C=CC1c2ccc(OC)cc2CCN1S(=O)(=O)c1ccc(C)cc1. The van der Waals surface area contributed by atoms with Gasteiger partial charge in [-0.05, 0) is 48.7 Å². The zero-order valence-corrected chi connectivity index (χ0v) is 14.7. The summed E-state index contributed by atoms with van der Waals surface area (Å²) in [5.74, 6) is 0.784. The summed E-state index contributed by atoms with van der Waals surface area (Å²) in [5, 5.41) is 0. The van der Waals surface area contributed by atoms with Crippen LogP contribution in [0, 0.1) is 6.92 Å². The third kappa shape index (κ3) is 2.85. The first-order chi connectivity index (χ1) is 11.5. The smallest absolute Gasteiger partial charge is 0.243 e. The average Bonchev–Trinajstić information content (AvgIpc) is 2.60. The molecule has 126 valence electrons. The molecule has 5 heteroatoms. The van der Waals surface area contributed by atoms with E-state index in [1.165, 1.54) is 4.31 Å². The van der Waals surface area contributed by atoms with E-state index < -0.39 is 10.0 Å². The molecule has 0 aliphatic carbocycles. The Morgan fingerprint density at radius 2 is 1.92 bits per heavy atom. The average molecular weight is 343 g/mol. The van der Waals surface area contributed by atoms with E-state index in [4.69, 9.17) is 4.74 Å². The largest absolute Gasteiger partial charge is 0.497 e. The van der Waals surface area contributed by atoms with E-state index in [2.05, 4.69) is 6.58 Å². The van der Waals surface area contributed by atoms with E-state index in [0.717, 1.165) is 22.4 Å². The van der Waals surface area contributed by atoms with Gasteiger partial charge in [-0.25, -0.2) is 8.42 Å². The number of fused-ring (bicyclic) bond motifs is 1. The molecule has 1 unspecified atom stereocenters. The summed E-state index contributed by atoms with van der Waals surface area (Å²) in [5.41, 5.74) is 3.10. The summed E-state index contributed by atoms with van der Waals surface area (Å²) in [6.45, 7) is 6.22. The summed E-state index contributed by atoms with van der Waals surface area (Å²) in [6, 6.07) is 12.3. The van der Waals surface area contributed by atoms with Crippen LogP contribution in [-0.4, -0.2) is 26.4 Å². The van der Waals surface area contributed by atoms with Crippen LogP contribution in [0.5, 0.6) is 5.75 Å². The third-order valence-corrected chi connectivity index (χ3v) is 6.33. The minimum absolute atomic E-state index is 0.317. The molecule has 0 amide bonds. The van der Waals surface area contributed by atoms with Gasteiger partial charge in [0, 0.05) is 6.54 Å². The molecule has 0 radical (unpaired) electrons. The van der Waals surface area contributed by atoms with Gasteiger partial charge in [-0.15, -0.1) is 6.58 Å². The number of benzene rings is 2. The van der Waals surface area contributed by atoms with Crippen molar-refractivity contribution in [3.05, 3.63) is 71.8 Å². The molecule has 24 heavy (non-hydrogen) atoms. The Morgan fingerprint density at radius 1 is 1.21 bits per heavy atom. The van der Waals surface area contributed by atoms with Gasteiger partial charge in [0.2, 0.25) is 10.0 Å². The van der Waals surface area contributed by atoms with Crippen LogP contribution in [0.3, 0.4) is 0 Å². The van der Waals surface area contributed by atoms with Crippen LogP contribution in [0.2, 0.25) is 0 Å². The van der Waals surface area contributed by atoms with Crippen molar-refractivity contribution in [2.75, 3.05) is 13.7 Å². The maximum atomic E-state index is 13.1. The van der Waals surface area contributed by atoms with Gasteiger partial charge in [-0.3, -0.25) is 0 Å². The van der Waals surface area contributed by atoms with Crippen LogP contribution in [0.1, 0.15) is 22.7 Å². The van der Waals surface area contributed by atoms with Crippen molar-refractivity contribution in [2.45, 2.75) is 24.3 Å². The Balaban J connectivity index is 2.02. The van der Waals surface area contributed by atoms with Gasteiger partial charge in [-0.2, -0.15) is 4.31 Å². The number of nitrogens with zero attached hydrogens (tertiary/aromatic N) is 1. The van der Waals surface area contributed by atoms with Crippen LogP contribution < -0.4 is 4.74 Å². The van der Waals surface area contributed by atoms with Gasteiger partial charge in [0.05, 0.1) is 18.0 Å². The minimum atomic E-state index is -3.57. The fourth-order valence-electron chi connectivity index (χ4n) is 3.10. The van der Waals surface area contributed by atoms with E-state index in [-0.39, 0.29) is 6.04 Å². The van der Waals surface area contributed by atoms with Crippen LogP contribution in [-0.2, 0) is 16.4 Å². The molecule has 0 saturated heterocycles. The first-order valence-electron chi connectivity index (χ1n) is 7.85. The van der Waals surface area contributed by atoms with Crippen LogP contribution >= 0.6 is 0 Å². The minimum Gasteiger partial charge on any atom is -0.497 e. The molecule has 1 atom stereocenters. The molecule has 2 aromatic rings. The summed E-state index contributed by atoms with van der Waals surface area (Å²) in [7, 11) is -1.94. The second kappa shape index (κ2) is 6.42. The highest BCUT2D eigenvalue weighted by atomic mass is 32.2. The summed E-state index contributed by atoms with van der Waals surface area (Å²) >= 11 is 0. The number of aryl methyl sites for hydroxylation is 1. The molecular weight excluding hydrogens is 322 g/mol. The standard InChI is InChI=1S/C19H21NO3S/c1-4-19-18-10-7-16(23-3)13-15(18)11-12-20(19)24(21,22)17-8-5-14(2)6-9-17/h4-10,13,19H,1,11-12H2,2-3H3. The predicted molar refractivity (Wildman–Crippen MR) is 94.7 cm³/mol. The van der Waals surface area contributed by atoms with E-state index in [1.54, 1.807) is 25.3 Å². The zero-order valence-electron chi connectivity index (χ0n) is 13.9. The van der Waals surface area contributed by atoms with Gasteiger partial charge in [0.1, 0.15) is 5.75 Å². The van der Waals surface area contributed by atoms with Gasteiger partial charge in [0.15, 0.2) is 0 Å². The highest BCUT2D eigenvalue weighted by Crippen LogP contribution is 2.36. The Kier molecular flexibility index (Phi) is 4.47. The lowest BCUT2D eigenvalue weighted by Crippen LogP contribution is -2.39. The van der Waals surface area contributed by atoms with Crippen molar-refractivity contribution in [3.63, 3.8) is 0 Å². The van der Waals surface area contributed by atoms with E-state index >= 15 is 0 Å². The Labute approximate surface area is 143 Å². The number of methoxy groups -OCH3 is 1. The first kappa shape index (κ1) is 16.7. The van der Waals surface area contributed by atoms with Crippen LogP contribution in [0.4, 0.5) is 0 Å². The van der Waals surface area contributed by atoms with Crippen molar-refractivity contribution in [2.24, 2.45) is 0 Å². The van der Waals surface area contributed by atoms with Gasteiger partial charge >= 0.3 is 0 Å². The molecule has 0 aromatic heterocycles. The first-order valence-corrected chi connectivity index (χ1v) is 9.29. The number of hydrogen-bond acceptors (Lipinski definition) is 3. The van der Waals surface area contributed by atoms with E-state index in [1.807, 2.05) is 37.3 Å². The lowest BCUT2D eigenvalue weighted by molar-refractivity contribution is 0.350. The molecule has 0 saturated carbocycles. The van der Waals surface area contributed by atoms with Gasteiger partial charge in [-0.1, -0.05) is 29.8 Å². The van der Waals surface area contributed by atoms with E-state index in [9.17, 15) is 8.42 Å². The number of ether oxygens (including phenoxy) is 1. The predicted octanol–water partition coefficient (Wildman–Crippen LogP) is 3.48. The molecule has 2 aromatic carbocycles. The lowest BCUT2D eigenvalue weighted by Gasteiger charge is -2.34. The fraction of sp³-hybridized carbons (Fsp3) is 0.263. The maximum absolute atomic E-state index is 13.1. The lowest BCUT2D eigenvalue weighted by atomic mass is 9.94. The molecule has 1 aliphatic heterocycles. The topological polar surface area (TPSA) is 46.6 Å². The second-order valence-corrected chi connectivity index (χ2v) is 7.81. The Bertz CT molecular complexity index is 857. The van der Waals surface area contributed by atoms with Crippen molar-refractivity contribution in [1.82, 2.24) is 4.31 Å². The molecule has 0 N–H and O–H groups in total. The summed E-state index contributed by atoms with van der Waals surface area (Å²) in [4.78, 5) is 0.317. The highest BCUT2D eigenvalue weighted by Gasteiger charge is 2.34. The van der Waals surface area contributed by atoms with Crippen molar-refractivity contribution in [1.29, 1.82) is 0 Å². The third-order valence-electron chi connectivity index (χ3n) is 4.43. The van der Waals surface area contributed by atoms with Gasteiger partial charge in [0.25, 0.3) is 0 Å².